The first-order chi connectivity index (χ1) is 13.5. The number of aromatic nitrogens is 1. The maximum Gasteiger partial charge on any atom is 0.273 e. The van der Waals surface area contributed by atoms with Gasteiger partial charge in [-0.3, -0.25) is 14.6 Å². The third-order valence-corrected chi connectivity index (χ3v) is 6.25. The van der Waals surface area contributed by atoms with Gasteiger partial charge in [0, 0.05) is 25.4 Å². The van der Waals surface area contributed by atoms with Crippen molar-refractivity contribution in [2.24, 2.45) is 0 Å². The quantitative estimate of drug-likeness (QED) is 0.779. The summed E-state index contributed by atoms with van der Waals surface area (Å²) >= 11 is 0. The Bertz CT molecular complexity index is 654. The zero-order valence-corrected chi connectivity index (χ0v) is 17.2. The monoisotopic (exact) mass is 387 g/mol. The lowest BCUT2D eigenvalue weighted by molar-refractivity contribution is -0.133. The molecule has 1 aliphatic carbocycles. The van der Waals surface area contributed by atoms with Crippen LogP contribution in [0.3, 0.4) is 0 Å². The average molecular weight is 388 g/mol. The third kappa shape index (κ3) is 4.72. The van der Waals surface area contributed by atoms with Crippen molar-refractivity contribution < 1.29 is 14.3 Å². The molecule has 2 fully saturated rings. The lowest BCUT2D eigenvalue weighted by atomic mass is 9.90. The lowest BCUT2D eigenvalue weighted by Gasteiger charge is -2.41. The molecule has 2 aliphatic rings. The van der Waals surface area contributed by atoms with Gasteiger partial charge in [0.1, 0.15) is 11.2 Å². The number of amides is 2. The summed E-state index contributed by atoms with van der Waals surface area (Å²) in [6.07, 6.45) is 9.61. The number of ether oxygens (including phenoxy) is 1. The van der Waals surface area contributed by atoms with Crippen molar-refractivity contribution in [2.75, 3.05) is 13.2 Å². The van der Waals surface area contributed by atoms with E-state index in [0.717, 1.165) is 38.5 Å². The molecule has 0 radical (unpaired) electrons. The van der Waals surface area contributed by atoms with Gasteiger partial charge in [0.15, 0.2) is 0 Å². The van der Waals surface area contributed by atoms with Crippen molar-refractivity contribution in [2.45, 2.75) is 82.9 Å². The molecule has 6 nitrogen and oxygen atoms in total. The number of carbonyl (C=O) groups excluding carboxylic acids is 2. The van der Waals surface area contributed by atoms with Crippen LogP contribution in [0.25, 0.3) is 0 Å². The second kappa shape index (κ2) is 9.50. The van der Waals surface area contributed by atoms with E-state index in [9.17, 15) is 9.59 Å². The Hall–Kier alpha value is -1.95. The smallest absolute Gasteiger partial charge is 0.273 e. The molecule has 3 rings (SSSR count). The summed E-state index contributed by atoms with van der Waals surface area (Å²) in [7, 11) is 0. The van der Waals surface area contributed by atoms with E-state index in [4.69, 9.17) is 4.74 Å². The van der Waals surface area contributed by atoms with Crippen LogP contribution < -0.4 is 5.32 Å². The standard InChI is InChI=1S/C22H33N3O3/c1-3-22(2,21(27)24-17-10-5-4-6-11-17)25(16-18-12-9-15-28-18)20(26)19-13-7-8-14-23-19/h7-8,13-14,17-18H,3-6,9-12,15-16H2,1-2H3,(H,24,27)/t18-,22-/m1/s1. The van der Waals surface area contributed by atoms with Crippen molar-refractivity contribution in [3.05, 3.63) is 30.1 Å². The molecule has 0 bridgehead atoms. The Balaban J connectivity index is 1.83. The molecular formula is C22H33N3O3. The molecule has 0 spiro atoms. The number of hydrogen-bond donors (Lipinski definition) is 1. The van der Waals surface area contributed by atoms with Gasteiger partial charge < -0.3 is 15.0 Å². The van der Waals surface area contributed by atoms with E-state index in [0.29, 0.717) is 25.3 Å². The Morgan fingerprint density at radius 2 is 2.00 bits per heavy atom. The van der Waals surface area contributed by atoms with E-state index < -0.39 is 5.54 Å². The largest absolute Gasteiger partial charge is 0.376 e. The number of carbonyl (C=O) groups is 2. The average Bonchev–Trinajstić information content (AvgIpc) is 3.25. The van der Waals surface area contributed by atoms with Crippen molar-refractivity contribution in [3.63, 3.8) is 0 Å². The SMILES string of the molecule is CC[C@](C)(C(=O)NC1CCCCC1)N(C[C@H]1CCCO1)C(=O)c1ccccn1. The molecule has 6 heteroatoms. The van der Waals surface area contributed by atoms with E-state index in [-0.39, 0.29) is 24.0 Å². The topological polar surface area (TPSA) is 71.5 Å². The molecule has 0 aromatic carbocycles. The van der Waals surface area contributed by atoms with Crippen molar-refractivity contribution >= 4 is 11.8 Å². The van der Waals surface area contributed by atoms with Crippen LogP contribution in [0.1, 0.15) is 75.7 Å². The molecular weight excluding hydrogens is 354 g/mol. The van der Waals surface area contributed by atoms with Gasteiger partial charge in [0.25, 0.3) is 5.91 Å². The first-order valence-corrected chi connectivity index (χ1v) is 10.7. The second-order valence-corrected chi connectivity index (χ2v) is 8.20. The molecule has 1 N–H and O–H groups in total. The van der Waals surface area contributed by atoms with Crippen molar-refractivity contribution in [3.8, 4) is 0 Å². The van der Waals surface area contributed by atoms with Crippen LogP contribution in [0, 0.1) is 0 Å². The zero-order chi connectivity index (χ0) is 20.0. The minimum Gasteiger partial charge on any atom is -0.376 e. The van der Waals surface area contributed by atoms with Gasteiger partial charge in [-0.15, -0.1) is 0 Å². The van der Waals surface area contributed by atoms with Crippen molar-refractivity contribution in [1.29, 1.82) is 0 Å². The Kier molecular flexibility index (Phi) is 7.05. The summed E-state index contributed by atoms with van der Waals surface area (Å²) in [4.78, 5) is 32.6. The zero-order valence-electron chi connectivity index (χ0n) is 17.2. The Morgan fingerprint density at radius 1 is 1.21 bits per heavy atom. The van der Waals surface area contributed by atoms with Gasteiger partial charge in [-0.25, -0.2) is 0 Å². The van der Waals surface area contributed by atoms with Gasteiger partial charge in [-0.2, -0.15) is 0 Å². The molecule has 154 valence electrons. The van der Waals surface area contributed by atoms with Crippen LogP contribution in [0.4, 0.5) is 0 Å². The van der Waals surface area contributed by atoms with Gasteiger partial charge in [-0.05, 0) is 51.2 Å². The molecule has 28 heavy (non-hydrogen) atoms. The lowest BCUT2D eigenvalue weighted by Crippen LogP contribution is -2.61. The molecule has 2 atom stereocenters. The number of hydrogen-bond acceptors (Lipinski definition) is 4. The normalized spacial score (nSPS) is 22.4. The molecule has 2 heterocycles. The van der Waals surface area contributed by atoms with Crippen LogP contribution in [-0.2, 0) is 9.53 Å². The Morgan fingerprint density at radius 3 is 2.61 bits per heavy atom. The fourth-order valence-electron chi connectivity index (χ4n) is 4.19. The number of nitrogens with one attached hydrogen (secondary N) is 1. The molecule has 1 aromatic heterocycles. The summed E-state index contributed by atoms with van der Waals surface area (Å²) in [5.74, 6) is -0.275. The molecule has 1 saturated heterocycles. The highest BCUT2D eigenvalue weighted by Gasteiger charge is 2.43. The van der Waals surface area contributed by atoms with E-state index in [1.165, 1.54) is 6.42 Å². The van der Waals surface area contributed by atoms with E-state index in [1.807, 2.05) is 13.8 Å². The molecule has 1 aliphatic heterocycles. The minimum absolute atomic E-state index is 0.0268. The highest BCUT2D eigenvalue weighted by molar-refractivity contribution is 5.98. The molecule has 0 unspecified atom stereocenters. The van der Waals surface area contributed by atoms with Crippen LogP contribution >= 0.6 is 0 Å². The summed E-state index contributed by atoms with van der Waals surface area (Å²) < 4.78 is 5.79. The van der Waals surface area contributed by atoms with Crippen LogP contribution in [0.2, 0.25) is 0 Å². The highest BCUT2D eigenvalue weighted by atomic mass is 16.5. The number of nitrogens with zero attached hydrogens (tertiary/aromatic N) is 2. The number of rotatable bonds is 7. The van der Waals surface area contributed by atoms with E-state index >= 15 is 0 Å². The fourth-order valence-corrected chi connectivity index (χ4v) is 4.19. The van der Waals surface area contributed by atoms with Crippen LogP contribution in [0.5, 0.6) is 0 Å². The predicted octanol–water partition coefficient (Wildman–Crippen LogP) is 3.32. The van der Waals surface area contributed by atoms with Crippen LogP contribution in [-0.4, -0.2) is 52.5 Å². The Labute approximate surface area is 168 Å². The maximum absolute atomic E-state index is 13.4. The maximum atomic E-state index is 13.4. The first kappa shape index (κ1) is 20.8. The number of pyridine rings is 1. The van der Waals surface area contributed by atoms with Gasteiger partial charge in [-0.1, -0.05) is 32.3 Å². The van der Waals surface area contributed by atoms with E-state index in [2.05, 4.69) is 10.3 Å². The first-order valence-electron chi connectivity index (χ1n) is 10.7. The fraction of sp³-hybridized carbons (Fsp3) is 0.682. The summed E-state index contributed by atoms with van der Waals surface area (Å²) in [5, 5.41) is 3.23. The van der Waals surface area contributed by atoms with E-state index in [1.54, 1.807) is 29.3 Å². The van der Waals surface area contributed by atoms with Gasteiger partial charge in [0.2, 0.25) is 5.91 Å². The van der Waals surface area contributed by atoms with Crippen LogP contribution in [0.15, 0.2) is 24.4 Å². The van der Waals surface area contributed by atoms with Gasteiger partial charge in [0.05, 0.1) is 6.10 Å². The molecule has 1 saturated carbocycles. The summed E-state index contributed by atoms with van der Waals surface area (Å²) in [5.41, 5.74) is -0.566. The highest BCUT2D eigenvalue weighted by Crippen LogP contribution is 2.27. The predicted molar refractivity (Wildman–Crippen MR) is 108 cm³/mol. The minimum atomic E-state index is -0.933. The second-order valence-electron chi connectivity index (χ2n) is 8.20. The third-order valence-electron chi connectivity index (χ3n) is 6.25. The van der Waals surface area contributed by atoms with Gasteiger partial charge >= 0.3 is 0 Å². The molecule has 2 amide bonds. The van der Waals surface area contributed by atoms with Crippen molar-refractivity contribution in [1.82, 2.24) is 15.2 Å². The summed E-state index contributed by atoms with van der Waals surface area (Å²) in [6, 6.07) is 5.51. The summed E-state index contributed by atoms with van der Waals surface area (Å²) in [6.45, 7) is 4.97. The molecule has 1 aromatic rings.